The van der Waals surface area contributed by atoms with Crippen molar-refractivity contribution in [2.45, 2.75) is 77.6 Å². The minimum absolute atomic E-state index is 0.331. The third-order valence-electron chi connectivity index (χ3n) is 2.90. The molecule has 100 valence electrons. The van der Waals surface area contributed by atoms with Crippen LogP contribution in [0.3, 0.4) is 0 Å². The number of carbonyl (C=O) groups is 1. The van der Waals surface area contributed by atoms with Gasteiger partial charge in [0.2, 0.25) is 0 Å². The fourth-order valence-corrected chi connectivity index (χ4v) is 1.82. The summed E-state index contributed by atoms with van der Waals surface area (Å²) < 4.78 is 0. The van der Waals surface area contributed by atoms with Crippen molar-refractivity contribution in [2.75, 3.05) is 0 Å². The van der Waals surface area contributed by atoms with Crippen molar-refractivity contribution in [1.29, 1.82) is 0 Å². The summed E-state index contributed by atoms with van der Waals surface area (Å²) in [7, 11) is 0. The third kappa shape index (κ3) is 15.2. The van der Waals surface area contributed by atoms with E-state index >= 15 is 0 Å². The molecule has 0 amide bonds. The van der Waals surface area contributed by atoms with Gasteiger partial charge in [0, 0.05) is 6.42 Å². The molecule has 0 aromatic heterocycles. The minimum Gasteiger partial charge on any atom is -0.481 e. The van der Waals surface area contributed by atoms with Gasteiger partial charge in [-0.05, 0) is 32.1 Å². The highest BCUT2D eigenvalue weighted by molar-refractivity contribution is 5.66. The van der Waals surface area contributed by atoms with Gasteiger partial charge in [0.1, 0.15) is 0 Å². The van der Waals surface area contributed by atoms with E-state index in [0.717, 1.165) is 12.8 Å². The van der Waals surface area contributed by atoms with Gasteiger partial charge in [-0.3, -0.25) is 4.79 Å². The molecule has 0 rings (SSSR count). The average Bonchev–Trinajstić information content (AvgIpc) is 2.30. The van der Waals surface area contributed by atoms with E-state index in [-0.39, 0.29) is 0 Å². The van der Waals surface area contributed by atoms with Gasteiger partial charge < -0.3 is 5.11 Å². The van der Waals surface area contributed by atoms with E-state index in [9.17, 15) is 4.79 Å². The number of carboxylic acids is 1. The van der Waals surface area contributed by atoms with Gasteiger partial charge in [-0.15, -0.1) is 0 Å². The van der Waals surface area contributed by atoms with Crippen LogP contribution in [0.1, 0.15) is 77.6 Å². The van der Waals surface area contributed by atoms with Gasteiger partial charge in [-0.2, -0.15) is 0 Å². The molecule has 0 heterocycles. The first-order valence-electron chi connectivity index (χ1n) is 7.14. The zero-order valence-electron chi connectivity index (χ0n) is 11.3. The van der Waals surface area contributed by atoms with Crippen molar-refractivity contribution in [3.05, 3.63) is 12.2 Å². The summed E-state index contributed by atoms with van der Waals surface area (Å²) in [6.07, 6.45) is 16.9. The Morgan fingerprint density at radius 1 is 0.882 bits per heavy atom. The van der Waals surface area contributed by atoms with Crippen LogP contribution in [0.4, 0.5) is 0 Å². The molecule has 0 fully saturated rings. The van der Waals surface area contributed by atoms with E-state index in [4.69, 9.17) is 5.11 Å². The molecule has 0 spiro atoms. The lowest BCUT2D eigenvalue weighted by molar-refractivity contribution is -0.137. The molecule has 1 N–H and O–H groups in total. The number of hydrogen-bond donors (Lipinski definition) is 1. The maximum absolute atomic E-state index is 10.3. The quantitative estimate of drug-likeness (QED) is 0.387. The molecule has 0 aliphatic heterocycles. The zero-order chi connectivity index (χ0) is 12.8. The maximum Gasteiger partial charge on any atom is 0.303 e. The molecule has 0 unspecified atom stereocenters. The molecule has 0 atom stereocenters. The number of hydrogen-bond acceptors (Lipinski definition) is 1. The van der Waals surface area contributed by atoms with Gasteiger partial charge in [0.15, 0.2) is 0 Å². The minimum atomic E-state index is -0.667. The van der Waals surface area contributed by atoms with Gasteiger partial charge in [-0.1, -0.05) is 51.2 Å². The standard InChI is InChI=1S/C15H28O2/c1-2-3-4-5-6-7-8-9-10-11-12-13-14-15(16)17/h6-7H,2-5,8-14H2,1H3,(H,16,17)/b7-6+. The number of allylic oxidation sites excluding steroid dienone is 2. The van der Waals surface area contributed by atoms with E-state index in [0.29, 0.717) is 6.42 Å². The molecule has 0 aliphatic carbocycles. The molecule has 0 aliphatic rings. The molecule has 0 saturated carbocycles. The summed E-state index contributed by atoms with van der Waals surface area (Å²) in [6.45, 7) is 2.23. The topological polar surface area (TPSA) is 37.3 Å². The lowest BCUT2D eigenvalue weighted by Crippen LogP contribution is -1.93. The molecular weight excluding hydrogens is 212 g/mol. The van der Waals surface area contributed by atoms with Crippen molar-refractivity contribution in [3.8, 4) is 0 Å². The smallest absolute Gasteiger partial charge is 0.303 e. The van der Waals surface area contributed by atoms with Crippen LogP contribution in [0, 0.1) is 0 Å². The van der Waals surface area contributed by atoms with Crippen molar-refractivity contribution in [3.63, 3.8) is 0 Å². The summed E-state index contributed by atoms with van der Waals surface area (Å²) in [4.78, 5) is 10.3. The fourth-order valence-electron chi connectivity index (χ4n) is 1.82. The molecule has 0 aromatic carbocycles. The van der Waals surface area contributed by atoms with Crippen molar-refractivity contribution in [1.82, 2.24) is 0 Å². The van der Waals surface area contributed by atoms with Crippen LogP contribution in [0.15, 0.2) is 12.2 Å². The summed E-state index contributed by atoms with van der Waals surface area (Å²) >= 11 is 0. The SMILES string of the molecule is CCCCC/C=C/CCCCCCCC(=O)O. The van der Waals surface area contributed by atoms with Gasteiger partial charge in [0.25, 0.3) is 0 Å². The molecule has 2 heteroatoms. The van der Waals surface area contributed by atoms with Crippen LogP contribution >= 0.6 is 0 Å². The highest BCUT2D eigenvalue weighted by Crippen LogP contribution is 2.08. The first-order valence-corrected chi connectivity index (χ1v) is 7.14. The van der Waals surface area contributed by atoms with Gasteiger partial charge >= 0.3 is 5.97 Å². The summed E-state index contributed by atoms with van der Waals surface area (Å²) in [5.41, 5.74) is 0. The van der Waals surface area contributed by atoms with Crippen molar-refractivity contribution in [2.24, 2.45) is 0 Å². The summed E-state index contributed by atoms with van der Waals surface area (Å²) in [5, 5.41) is 8.47. The molecule has 0 saturated heterocycles. The lowest BCUT2D eigenvalue weighted by Gasteiger charge is -1.98. The van der Waals surface area contributed by atoms with Crippen LogP contribution < -0.4 is 0 Å². The molecule has 0 aromatic rings. The van der Waals surface area contributed by atoms with Gasteiger partial charge in [-0.25, -0.2) is 0 Å². The highest BCUT2D eigenvalue weighted by atomic mass is 16.4. The lowest BCUT2D eigenvalue weighted by atomic mass is 10.1. The monoisotopic (exact) mass is 240 g/mol. The fraction of sp³-hybridized carbons (Fsp3) is 0.800. The van der Waals surface area contributed by atoms with E-state index in [1.54, 1.807) is 0 Å². The first-order chi connectivity index (χ1) is 8.27. The Balaban J connectivity index is 3.05. The normalized spacial score (nSPS) is 11.1. The number of aliphatic carboxylic acids is 1. The van der Waals surface area contributed by atoms with Crippen LogP contribution in [0.25, 0.3) is 0 Å². The largest absolute Gasteiger partial charge is 0.481 e. The molecular formula is C15H28O2. The van der Waals surface area contributed by atoms with Crippen LogP contribution in [-0.4, -0.2) is 11.1 Å². The van der Waals surface area contributed by atoms with Crippen LogP contribution in [0.5, 0.6) is 0 Å². The number of rotatable bonds is 12. The predicted octanol–water partition coefficient (Wildman–Crippen LogP) is 4.94. The summed E-state index contributed by atoms with van der Waals surface area (Å²) in [6, 6.07) is 0. The highest BCUT2D eigenvalue weighted by Gasteiger charge is 1.95. The third-order valence-corrected chi connectivity index (χ3v) is 2.90. The average molecular weight is 240 g/mol. The Morgan fingerprint density at radius 3 is 2.00 bits per heavy atom. The second-order valence-electron chi connectivity index (χ2n) is 4.67. The van der Waals surface area contributed by atoms with E-state index in [1.165, 1.54) is 51.4 Å². The first kappa shape index (κ1) is 16.2. The molecule has 2 nitrogen and oxygen atoms in total. The van der Waals surface area contributed by atoms with Crippen molar-refractivity contribution < 1.29 is 9.90 Å². The maximum atomic E-state index is 10.3. The Morgan fingerprint density at radius 2 is 1.41 bits per heavy atom. The van der Waals surface area contributed by atoms with Crippen LogP contribution in [-0.2, 0) is 4.79 Å². The Kier molecular flexibility index (Phi) is 12.7. The van der Waals surface area contributed by atoms with Gasteiger partial charge in [0.05, 0.1) is 0 Å². The van der Waals surface area contributed by atoms with E-state index < -0.39 is 5.97 Å². The second kappa shape index (κ2) is 13.3. The molecule has 0 bridgehead atoms. The van der Waals surface area contributed by atoms with Crippen molar-refractivity contribution >= 4 is 5.97 Å². The van der Waals surface area contributed by atoms with Crippen LogP contribution in [0.2, 0.25) is 0 Å². The zero-order valence-corrected chi connectivity index (χ0v) is 11.3. The Labute approximate surface area is 106 Å². The van der Waals surface area contributed by atoms with E-state index in [1.807, 2.05) is 0 Å². The summed E-state index contributed by atoms with van der Waals surface area (Å²) in [5.74, 6) is -0.667. The Bertz CT molecular complexity index is 197. The molecule has 0 radical (unpaired) electrons. The number of carboxylic acid groups (broad SMARTS) is 1. The second-order valence-corrected chi connectivity index (χ2v) is 4.67. The molecule has 17 heavy (non-hydrogen) atoms. The predicted molar refractivity (Wildman–Crippen MR) is 73.2 cm³/mol. The Hall–Kier alpha value is -0.790. The van der Waals surface area contributed by atoms with E-state index in [2.05, 4.69) is 19.1 Å². The number of unbranched alkanes of at least 4 members (excludes halogenated alkanes) is 8.